The maximum atomic E-state index is 14.0. The Morgan fingerprint density at radius 2 is 1.75 bits per heavy atom. The molecule has 0 heterocycles. The summed E-state index contributed by atoms with van der Waals surface area (Å²) < 4.78 is 33.9. The van der Waals surface area contributed by atoms with Crippen molar-refractivity contribution in [3.05, 3.63) is 64.1 Å². The fourth-order valence-corrected chi connectivity index (χ4v) is 2.57. The van der Waals surface area contributed by atoms with Gasteiger partial charge in [0.15, 0.2) is 6.61 Å². The van der Waals surface area contributed by atoms with Gasteiger partial charge in [-0.2, -0.15) is 8.78 Å². The van der Waals surface area contributed by atoms with E-state index in [1.54, 1.807) is 24.3 Å². The van der Waals surface area contributed by atoms with Crippen LogP contribution in [-0.2, 0) is 11.3 Å². The van der Waals surface area contributed by atoms with Crippen molar-refractivity contribution in [1.82, 2.24) is 0 Å². The molecule has 0 saturated carbocycles. The topological polar surface area (TPSA) is 9.23 Å². The molecular weight excluding hydrogens is 394 g/mol. The van der Waals surface area contributed by atoms with Crippen molar-refractivity contribution in [3.63, 3.8) is 0 Å². The zero-order valence-electron chi connectivity index (χ0n) is 10.5. The molecule has 5 heteroatoms. The first kappa shape index (κ1) is 15.4. The van der Waals surface area contributed by atoms with Crippen molar-refractivity contribution < 1.29 is 13.5 Å². The molecule has 0 unspecified atom stereocenters. The van der Waals surface area contributed by atoms with E-state index in [1.165, 1.54) is 12.1 Å². The third-order valence-corrected chi connectivity index (χ3v) is 4.02. The molecule has 0 aromatic heterocycles. The first-order chi connectivity index (χ1) is 9.53. The van der Waals surface area contributed by atoms with Gasteiger partial charge in [0.25, 0.3) is 0 Å². The highest BCUT2D eigenvalue weighted by molar-refractivity contribution is 9.10. The molecule has 0 aliphatic heterocycles. The van der Waals surface area contributed by atoms with Crippen LogP contribution in [0.5, 0.6) is 5.75 Å². The Kier molecular flexibility index (Phi) is 5.16. The van der Waals surface area contributed by atoms with Gasteiger partial charge in [0, 0.05) is 10.9 Å². The first-order valence-electron chi connectivity index (χ1n) is 5.93. The molecule has 1 nitrogen and oxygen atoms in total. The van der Waals surface area contributed by atoms with Gasteiger partial charge in [-0.1, -0.05) is 52.3 Å². The molecule has 0 bridgehead atoms. The minimum absolute atomic E-state index is 0.0480. The lowest BCUT2D eigenvalue weighted by atomic mass is 10.1. The van der Waals surface area contributed by atoms with Crippen LogP contribution in [0, 0.1) is 0 Å². The summed E-state index contributed by atoms with van der Waals surface area (Å²) in [5.74, 6) is -2.61. The van der Waals surface area contributed by atoms with Crippen LogP contribution in [0.2, 0.25) is 0 Å². The molecule has 0 spiro atoms. The fourth-order valence-electron chi connectivity index (χ4n) is 1.68. The molecule has 2 aromatic rings. The van der Waals surface area contributed by atoms with E-state index in [0.717, 1.165) is 5.56 Å². The normalized spacial score (nSPS) is 11.4. The van der Waals surface area contributed by atoms with Crippen molar-refractivity contribution in [3.8, 4) is 5.75 Å². The van der Waals surface area contributed by atoms with Crippen LogP contribution in [0.15, 0.2) is 53.0 Å². The quantitative estimate of drug-likeness (QED) is 0.595. The van der Waals surface area contributed by atoms with E-state index in [9.17, 15) is 8.78 Å². The SMILES string of the molecule is FC(F)(COc1ccc(CBr)cc1Br)c1ccccc1. The van der Waals surface area contributed by atoms with Gasteiger partial charge in [0.2, 0.25) is 0 Å². The largest absolute Gasteiger partial charge is 0.486 e. The first-order valence-corrected chi connectivity index (χ1v) is 7.85. The van der Waals surface area contributed by atoms with E-state index < -0.39 is 12.5 Å². The Morgan fingerprint density at radius 1 is 1.05 bits per heavy atom. The predicted molar refractivity (Wildman–Crippen MR) is 82.6 cm³/mol. The van der Waals surface area contributed by atoms with Crippen molar-refractivity contribution in [2.45, 2.75) is 11.3 Å². The molecule has 0 radical (unpaired) electrons. The van der Waals surface area contributed by atoms with E-state index in [1.807, 2.05) is 12.1 Å². The van der Waals surface area contributed by atoms with Gasteiger partial charge in [-0.25, -0.2) is 0 Å². The van der Waals surface area contributed by atoms with Crippen LogP contribution < -0.4 is 4.74 Å². The van der Waals surface area contributed by atoms with E-state index in [4.69, 9.17) is 4.74 Å². The van der Waals surface area contributed by atoms with Crippen LogP contribution in [-0.4, -0.2) is 6.61 Å². The monoisotopic (exact) mass is 404 g/mol. The van der Waals surface area contributed by atoms with Crippen molar-refractivity contribution in [2.24, 2.45) is 0 Å². The zero-order chi connectivity index (χ0) is 14.6. The second kappa shape index (κ2) is 6.68. The lowest BCUT2D eigenvalue weighted by Gasteiger charge is -2.18. The lowest BCUT2D eigenvalue weighted by molar-refractivity contribution is -0.0469. The third kappa shape index (κ3) is 3.79. The van der Waals surface area contributed by atoms with Crippen LogP contribution in [0.3, 0.4) is 0 Å². The molecule has 2 aromatic carbocycles. The van der Waals surface area contributed by atoms with E-state index in [0.29, 0.717) is 15.6 Å². The number of hydrogen-bond donors (Lipinski definition) is 0. The van der Waals surface area contributed by atoms with Gasteiger partial charge in [-0.05, 0) is 33.6 Å². The molecule has 0 aliphatic carbocycles. The summed E-state index contributed by atoms with van der Waals surface area (Å²) in [6, 6.07) is 13.0. The molecular formula is C15H12Br2F2O. The Morgan fingerprint density at radius 3 is 2.35 bits per heavy atom. The Labute approximate surface area is 133 Å². The maximum absolute atomic E-state index is 14.0. The van der Waals surface area contributed by atoms with Gasteiger partial charge in [-0.3, -0.25) is 0 Å². The maximum Gasteiger partial charge on any atom is 0.306 e. The summed E-state index contributed by atoms with van der Waals surface area (Å²) >= 11 is 6.66. The molecule has 2 rings (SSSR count). The molecule has 0 amide bonds. The van der Waals surface area contributed by atoms with Crippen LogP contribution in [0.1, 0.15) is 11.1 Å². The molecule has 0 saturated heterocycles. The van der Waals surface area contributed by atoms with E-state index in [-0.39, 0.29) is 5.56 Å². The number of alkyl halides is 3. The van der Waals surface area contributed by atoms with Gasteiger partial charge in [0.05, 0.1) is 4.47 Å². The summed E-state index contributed by atoms with van der Waals surface area (Å²) in [7, 11) is 0. The number of rotatable bonds is 5. The minimum Gasteiger partial charge on any atom is -0.486 e. The molecule has 20 heavy (non-hydrogen) atoms. The number of halogens is 4. The standard InChI is InChI=1S/C15H12Br2F2O/c16-9-11-6-7-14(13(17)8-11)20-10-15(18,19)12-4-2-1-3-5-12/h1-8H,9-10H2. The summed E-state index contributed by atoms with van der Waals surface area (Å²) in [4.78, 5) is 0. The molecule has 0 aliphatic rings. The molecule has 0 N–H and O–H groups in total. The number of benzene rings is 2. The smallest absolute Gasteiger partial charge is 0.306 e. The summed E-state index contributed by atoms with van der Waals surface area (Å²) in [6.07, 6.45) is 0. The average molecular weight is 406 g/mol. The van der Waals surface area contributed by atoms with Crippen LogP contribution in [0.25, 0.3) is 0 Å². The zero-order valence-corrected chi connectivity index (χ0v) is 13.6. The van der Waals surface area contributed by atoms with Crippen LogP contribution >= 0.6 is 31.9 Å². The second-order valence-corrected chi connectivity index (χ2v) is 5.67. The minimum atomic E-state index is -3.02. The molecule has 106 valence electrons. The Hall–Kier alpha value is -0.940. The summed E-state index contributed by atoms with van der Waals surface area (Å²) in [6.45, 7) is -0.691. The summed E-state index contributed by atoms with van der Waals surface area (Å²) in [5, 5.41) is 0.700. The average Bonchev–Trinajstić information content (AvgIpc) is 2.47. The highest BCUT2D eigenvalue weighted by Crippen LogP contribution is 2.32. The highest BCUT2D eigenvalue weighted by Gasteiger charge is 2.32. The van der Waals surface area contributed by atoms with Gasteiger partial charge < -0.3 is 4.74 Å². The summed E-state index contributed by atoms with van der Waals surface area (Å²) in [5.41, 5.74) is 0.993. The predicted octanol–water partition coefficient (Wildman–Crippen LogP) is 5.51. The Bertz CT molecular complexity index is 573. The molecule has 0 fully saturated rings. The number of ether oxygens (including phenoxy) is 1. The van der Waals surface area contributed by atoms with Crippen molar-refractivity contribution in [1.29, 1.82) is 0 Å². The lowest BCUT2D eigenvalue weighted by Crippen LogP contribution is -2.23. The Balaban J connectivity index is 2.08. The van der Waals surface area contributed by atoms with E-state index in [2.05, 4.69) is 31.9 Å². The van der Waals surface area contributed by atoms with Crippen LogP contribution in [0.4, 0.5) is 8.78 Å². The number of hydrogen-bond acceptors (Lipinski definition) is 1. The van der Waals surface area contributed by atoms with Gasteiger partial charge in [-0.15, -0.1) is 0 Å². The fraction of sp³-hybridized carbons (Fsp3) is 0.200. The highest BCUT2D eigenvalue weighted by atomic mass is 79.9. The second-order valence-electron chi connectivity index (χ2n) is 4.26. The van der Waals surface area contributed by atoms with Crippen molar-refractivity contribution in [2.75, 3.05) is 6.61 Å². The molecule has 0 atom stereocenters. The van der Waals surface area contributed by atoms with Crippen molar-refractivity contribution >= 4 is 31.9 Å². The van der Waals surface area contributed by atoms with E-state index >= 15 is 0 Å². The van der Waals surface area contributed by atoms with Gasteiger partial charge >= 0.3 is 5.92 Å². The van der Waals surface area contributed by atoms with Gasteiger partial charge in [0.1, 0.15) is 5.75 Å². The third-order valence-electron chi connectivity index (χ3n) is 2.76.